The molecule has 1 amide bonds. The lowest BCUT2D eigenvalue weighted by molar-refractivity contribution is 0.0615. The molecule has 2 heterocycles. The van der Waals surface area contributed by atoms with Crippen LogP contribution in [-0.4, -0.2) is 64.7 Å². The largest absolute Gasteiger partial charge is 0.395 e. The van der Waals surface area contributed by atoms with E-state index in [1.807, 2.05) is 30.0 Å². The number of aromatic nitrogens is 1. The predicted octanol–water partition coefficient (Wildman–Crippen LogP) is 4.48. The first-order chi connectivity index (χ1) is 16.8. The number of anilines is 1. The molecule has 0 spiro atoms. The molecule has 0 bridgehead atoms. The maximum absolute atomic E-state index is 13.6. The fourth-order valence-electron chi connectivity index (χ4n) is 5.08. The Morgan fingerprint density at radius 3 is 2.46 bits per heavy atom. The van der Waals surface area contributed by atoms with Gasteiger partial charge in [0, 0.05) is 62.5 Å². The minimum atomic E-state index is -0.233. The molecule has 0 unspecified atom stereocenters. The average Bonchev–Trinajstić information content (AvgIpc) is 3.09. The number of halogens is 1. The van der Waals surface area contributed by atoms with Gasteiger partial charge in [0.1, 0.15) is 5.82 Å². The lowest BCUT2D eigenvalue weighted by Crippen LogP contribution is -2.49. The number of hydrogen-bond donors (Lipinski definition) is 2. The Hall–Kier alpha value is -2.90. The quantitative estimate of drug-likeness (QED) is 0.499. The first-order valence-electron chi connectivity index (χ1n) is 12.6. The van der Waals surface area contributed by atoms with E-state index < -0.39 is 0 Å². The van der Waals surface area contributed by atoms with Gasteiger partial charge in [-0.25, -0.2) is 4.39 Å². The maximum atomic E-state index is 13.6. The van der Waals surface area contributed by atoms with Crippen molar-refractivity contribution in [2.45, 2.75) is 47.2 Å². The number of aliphatic hydroxyl groups excluding tert-OH is 1. The van der Waals surface area contributed by atoms with Gasteiger partial charge in [-0.05, 0) is 68.1 Å². The Bertz CT molecular complexity index is 1210. The van der Waals surface area contributed by atoms with Crippen molar-refractivity contribution >= 4 is 22.5 Å². The molecule has 0 saturated carbocycles. The molecule has 2 N–H and O–H groups in total. The van der Waals surface area contributed by atoms with Crippen molar-refractivity contribution < 1.29 is 14.3 Å². The normalized spacial score (nSPS) is 14.6. The van der Waals surface area contributed by atoms with Crippen molar-refractivity contribution in [3.63, 3.8) is 0 Å². The minimum absolute atomic E-state index is 0.0388. The fourth-order valence-corrected chi connectivity index (χ4v) is 5.08. The summed E-state index contributed by atoms with van der Waals surface area (Å²) in [6, 6.07) is 8.88. The highest BCUT2D eigenvalue weighted by Crippen LogP contribution is 2.34. The summed E-state index contributed by atoms with van der Waals surface area (Å²) in [5.41, 5.74) is 7.06. The number of hydrogen-bond acceptors (Lipinski definition) is 4. The van der Waals surface area contributed by atoms with E-state index in [-0.39, 0.29) is 18.3 Å². The van der Waals surface area contributed by atoms with E-state index in [1.54, 1.807) is 6.07 Å². The number of nitrogens with zero attached hydrogens (tertiary/aromatic N) is 3. The molecule has 1 saturated heterocycles. The van der Waals surface area contributed by atoms with Crippen molar-refractivity contribution in [2.24, 2.45) is 0 Å². The lowest BCUT2D eigenvalue weighted by atomic mass is 10.0. The van der Waals surface area contributed by atoms with Crippen LogP contribution in [0.3, 0.4) is 0 Å². The lowest BCUT2D eigenvalue weighted by Gasteiger charge is -2.34. The summed E-state index contributed by atoms with van der Waals surface area (Å²) in [6.07, 6.45) is 1.01. The Labute approximate surface area is 207 Å². The number of carbonyl (C=O) groups is 1. The van der Waals surface area contributed by atoms with Crippen LogP contribution in [0.1, 0.15) is 46.1 Å². The van der Waals surface area contributed by atoms with Crippen LogP contribution in [0, 0.1) is 26.6 Å². The average molecular weight is 481 g/mol. The third-order valence-corrected chi connectivity index (χ3v) is 7.28. The number of aliphatic hydroxyl groups is 1. The third kappa shape index (κ3) is 5.21. The second kappa shape index (κ2) is 10.8. The van der Waals surface area contributed by atoms with Gasteiger partial charge in [-0.2, -0.15) is 0 Å². The van der Waals surface area contributed by atoms with Gasteiger partial charge < -0.3 is 19.9 Å². The minimum Gasteiger partial charge on any atom is -0.395 e. The summed E-state index contributed by atoms with van der Waals surface area (Å²) >= 11 is 0. The number of benzene rings is 2. The van der Waals surface area contributed by atoms with E-state index in [9.17, 15) is 14.3 Å². The predicted molar refractivity (Wildman–Crippen MR) is 140 cm³/mol. The summed E-state index contributed by atoms with van der Waals surface area (Å²) in [7, 11) is 0. The Balaban J connectivity index is 1.70. The highest BCUT2D eigenvalue weighted by molar-refractivity contribution is 6.04. The van der Waals surface area contributed by atoms with Gasteiger partial charge in [-0.15, -0.1) is 0 Å². The number of amides is 1. The Kier molecular flexibility index (Phi) is 7.77. The first kappa shape index (κ1) is 25.2. The topological polar surface area (TPSA) is 60.7 Å². The standard InChI is InChI=1S/C28H37FN4O2/c1-5-8-33-21(4)20(3)25-16-23(28(35)32-11-9-31(10-12-32)13-14-34)17-26(27(25)33)30-18-22-6-7-24(29)15-19(22)2/h6-7,15-17,30,34H,5,8-14,18H2,1-4H3. The number of fused-ring (bicyclic) bond motifs is 1. The van der Waals surface area contributed by atoms with Crippen LogP contribution in [0.25, 0.3) is 10.9 Å². The van der Waals surface area contributed by atoms with Gasteiger partial charge in [-0.3, -0.25) is 9.69 Å². The molecular formula is C28H37FN4O2. The highest BCUT2D eigenvalue weighted by Gasteiger charge is 2.24. The molecule has 0 radical (unpaired) electrons. The molecule has 1 fully saturated rings. The van der Waals surface area contributed by atoms with Gasteiger partial charge in [0.15, 0.2) is 0 Å². The summed E-state index contributed by atoms with van der Waals surface area (Å²) in [4.78, 5) is 17.6. The van der Waals surface area contributed by atoms with E-state index in [1.165, 1.54) is 17.3 Å². The molecule has 3 aromatic rings. The summed E-state index contributed by atoms with van der Waals surface area (Å²) in [5.74, 6) is -0.194. The fraction of sp³-hybridized carbons (Fsp3) is 0.464. The van der Waals surface area contributed by atoms with E-state index in [0.717, 1.165) is 53.8 Å². The van der Waals surface area contributed by atoms with E-state index in [2.05, 4.69) is 35.6 Å². The number of β-amino-alcohol motifs (C(OH)–C–C–N with tert-alkyl or cyclic N) is 1. The number of rotatable bonds is 8. The molecule has 0 atom stereocenters. The molecule has 4 rings (SSSR count). The van der Waals surface area contributed by atoms with Crippen LogP contribution in [0.5, 0.6) is 0 Å². The zero-order valence-electron chi connectivity index (χ0n) is 21.3. The molecular weight excluding hydrogens is 443 g/mol. The number of aryl methyl sites for hydroxylation is 3. The van der Waals surface area contributed by atoms with Gasteiger partial charge in [-0.1, -0.05) is 13.0 Å². The molecule has 7 heteroatoms. The zero-order chi connectivity index (χ0) is 25.1. The van der Waals surface area contributed by atoms with E-state index in [0.29, 0.717) is 31.7 Å². The zero-order valence-corrected chi connectivity index (χ0v) is 21.3. The SMILES string of the molecule is CCCn1c(C)c(C)c2cc(C(=O)N3CCN(CCO)CC3)cc(NCc3ccc(F)cc3C)c21. The molecule has 35 heavy (non-hydrogen) atoms. The molecule has 6 nitrogen and oxygen atoms in total. The Morgan fingerprint density at radius 2 is 1.80 bits per heavy atom. The summed E-state index contributed by atoms with van der Waals surface area (Å²) < 4.78 is 15.9. The van der Waals surface area contributed by atoms with Gasteiger partial charge in [0.25, 0.3) is 5.91 Å². The second-order valence-electron chi connectivity index (χ2n) is 9.56. The van der Waals surface area contributed by atoms with Crippen LogP contribution >= 0.6 is 0 Å². The maximum Gasteiger partial charge on any atom is 0.254 e. The monoisotopic (exact) mass is 480 g/mol. The van der Waals surface area contributed by atoms with Crippen LogP contribution < -0.4 is 5.32 Å². The van der Waals surface area contributed by atoms with Crippen LogP contribution in [0.2, 0.25) is 0 Å². The smallest absolute Gasteiger partial charge is 0.254 e. The molecule has 2 aromatic carbocycles. The van der Waals surface area contributed by atoms with Crippen molar-refractivity contribution in [3.8, 4) is 0 Å². The van der Waals surface area contributed by atoms with Gasteiger partial charge in [0.05, 0.1) is 17.8 Å². The molecule has 0 aliphatic carbocycles. The van der Waals surface area contributed by atoms with Gasteiger partial charge in [0.2, 0.25) is 0 Å². The Morgan fingerprint density at radius 1 is 1.06 bits per heavy atom. The van der Waals surface area contributed by atoms with E-state index in [4.69, 9.17) is 0 Å². The van der Waals surface area contributed by atoms with Crippen molar-refractivity contribution in [3.05, 3.63) is 64.1 Å². The highest BCUT2D eigenvalue weighted by atomic mass is 19.1. The molecule has 188 valence electrons. The molecule has 1 aliphatic heterocycles. The number of piperazine rings is 1. The summed E-state index contributed by atoms with van der Waals surface area (Å²) in [6.45, 7) is 13.4. The van der Waals surface area contributed by atoms with Crippen molar-refractivity contribution in [2.75, 3.05) is 44.6 Å². The van der Waals surface area contributed by atoms with Crippen LogP contribution in [0.15, 0.2) is 30.3 Å². The van der Waals surface area contributed by atoms with Crippen LogP contribution in [-0.2, 0) is 13.1 Å². The van der Waals surface area contributed by atoms with Crippen LogP contribution in [0.4, 0.5) is 10.1 Å². The molecule has 1 aromatic heterocycles. The third-order valence-electron chi connectivity index (χ3n) is 7.28. The van der Waals surface area contributed by atoms with Crippen molar-refractivity contribution in [1.82, 2.24) is 14.4 Å². The van der Waals surface area contributed by atoms with E-state index >= 15 is 0 Å². The summed E-state index contributed by atoms with van der Waals surface area (Å²) in [5, 5.41) is 13.9. The first-order valence-corrected chi connectivity index (χ1v) is 12.6. The second-order valence-corrected chi connectivity index (χ2v) is 9.56. The number of carbonyl (C=O) groups excluding carboxylic acids is 1. The molecule has 1 aliphatic rings. The number of nitrogens with one attached hydrogen (secondary N) is 1. The van der Waals surface area contributed by atoms with Crippen molar-refractivity contribution in [1.29, 1.82) is 0 Å². The van der Waals surface area contributed by atoms with Gasteiger partial charge >= 0.3 is 0 Å².